The van der Waals surface area contributed by atoms with Gasteiger partial charge in [-0.15, -0.1) is 0 Å². The second kappa shape index (κ2) is 5.57. The van der Waals surface area contributed by atoms with E-state index in [0.29, 0.717) is 5.92 Å². The van der Waals surface area contributed by atoms with Crippen LogP contribution in [0, 0.1) is 0 Å². The van der Waals surface area contributed by atoms with Gasteiger partial charge in [0.25, 0.3) is 0 Å². The fraction of sp³-hybridized carbons (Fsp3) is 0.412. The zero-order valence-corrected chi connectivity index (χ0v) is 12.9. The number of aromatic amines is 1. The van der Waals surface area contributed by atoms with Crippen molar-refractivity contribution in [3.8, 4) is 0 Å². The van der Waals surface area contributed by atoms with Gasteiger partial charge in [0.2, 0.25) is 0 Å². The minimum absolute atomic E-state index is 0.516. The number of benzene rings is 1. The van der Waals surface area contributed by atoms with Crippen molar-refractivity contribution in [3.05, 3.63) is 48.3 Å². The van der Waals surface area contributed by atoms with E-state index in [9.17, 15) is 0 Å². The molecule has 3 heterocycles. The van der Waals surface area contributed by atoms with Crippen LogP contribution in [-0.4, -0.2) is 37.5 Å². The first-order valence-corrected chi connectivity index (χ1v) is 8.00. The molecule has 3 aromatic rings. The highest BCUT2D eigenvalue weighted by atomic mass is 15.2. The van der Waals surface area contributed by atoms with Crippen molar-refractivity contribution in [3.63, 3.8) is 0 Å². The van der Waals surface area contributed by atoms with E-state index < -0.39 is 0 Å². The number of para-hydroxylation sites is 2. The Morgan fingerprint density at radius 3 is 2.95 bits per heavy atom. The Kier molecular flexibility index (Phi) is 3.42. The summed E-state index contributed by atoms with van der Waals surface area (Å²) in [5.74, 6) is 2.81. The van der Waals surface area contributed by atoms with Crippen molar-refractivity contribution in [1.29, 1.82) is 0 Å². The highest BCUT2D eigenvalue weighted by Gasteiger charge is 2.31. The molecule has 1 saturated heterocycles. The average Bonchev–Trinajstić information content (AvgIpc) is 3.09. The maximum absolute atomic E-state index is 4.71. The molecule has 114 valence electrons. The van der Waals surface area contributed by atoms with Crippen molar-refractivity contribution in [1.82, 2.24) is 24.4 Å². The molecule has 0 atom stereocenters. The van der Waals surface area contributed by atoms with Crippen molar-refractivity contribution in [2.75, 3.05) is 13.1 Å². The van der Waals surface area contributed by atoms with Gasteiger partial charge in [0, 0.05) is 37.9 Å². The molecule has 0 amide bonds. The number of hydrogen-bond acceptors (Lipinski definition) is 3. The number of fused-ring (bicyclic) bond motifs is 1. The fourth-order valence-electron chi connectivity index (χ4n) is 3.17. The van der Waals surface area contributed by atoms with Gasteiger partial charge in [-0.2, -0.15) is 0 Å². The second-order valence-corrected chi connectivity index (χ2v) is 6.07. The molecule has 4 rings (SSSR count). The summed E-state index contributed by atoms with van der Waals surface area (Å²) in [7, 11) is 0. The van der Waals surface area contributed by atoms with Gasteiger partial charge in [-0.25, -0.2) is 9.97 Å². The molecule has 5 heteroatoms. The van der Waals surface area contributed by atoms with E-state index in [1.54, 1.807) is 0 Å². The molecule has 0 aliphatic carbocycles. The number of nitrogens with zero attached hydrogens (tertiary/aromatic N) is 4. The lowest BCUT2D eigenvalue weighted by Gasteiger charge is -2.37. The van der Waals surface area contributed by atoms with Gasteiger partial charge in [-0.05, 0) is 18.6 Å². The van der Waals surface area contributed by atoms with Crippen LogP contribution in [0.4, 0.5) is 0 Å². The third-order valence-corrected chi connectivity index (χ3v) is 4.38. The quantitative estimate of drug-likeness (QED) is 0.787. The van der Waals surface area contributed by atoms with Crippen molar-refractivity contribution < 1.29 is 0 Å². The number of rotatable bonds is 5. The Labute approximate surface area is 130 Å². The largest absolute Gasteiger partial charge is 0.342 e. The number of aromatic nitrogens is 4. The van der Waals surface area contributed by atoms with Crippen LogP contribution < -0.4 is 0 Å². The Morgan fingerprint density at radius 2 is 2.14 bits per heavy atom. The number of likely N-dealkylation sites (tertiary alicyclic amines) is 1. The SMILES string of the molecule is CCCn1ccnc1CN1CC(c2nc3ccccc3[nH]2)C1. The van der Waals surface area contributed by atoms with Gasteiger partial charge < -0.3 is 9.55 Å². The lowest BCUT2D eigenvalue weighted by Crippen LogP contribution is -2.45. The first-order chi connectivity index (χ1) is 10.8. The Bertz CT molecular complexity index is 733. The van der Waals surface area contributed by atoms with Crippen LogP contribution >= 0.6 is 0 Å². The smallest absolute Gasteiger partial charge is 0.122 e. The summed E-state index contributed by atoms with van der Waals surface area (Å²) in [6.45, 7) is 6.29. The van der Waals surface area contributed by atoms with Crippen LogP contribution in [-0.2, 0) is 13.1 Å². The molecule has 22 heavy (non-hydrogen) atoms. The number of hydrogen-bond donors (Lipinski definition) is 1. The first kappa shape index (κ1) is 13.5. The monoisotopic (exact) mass is 295 g/mol. The molecule has 1 fully saturated rings. The van der Waals surface area contributed by atoms with Gasteiger partial charge in [0.1, 0.15) is 11.6 Å². The lowest BCUT2D eigenvalue weighted by molar-refractivity contribution is 0.130. The summed E-state index contributed by atoms with van der Waals surface area (Å²) in [6.07, 6.45) is 5.13. The summed E-state index contributed by atoms with van der Waals surface area (Å²) in [5, 5.41) is 0. The molecule has 1 N–H and O–H groups in total. The Hall–Kier alpha value is -2.14. The molecular formula is C17H21N5. The Morgan fingerprint density at radius 1 is 1.27 bits per heavy atom. The number of imidazole rings is 2. The zero-order chi connectivity index (χ0) is 14.9. The van der Waals surface area contributed by atoms with Gasteiger partial charge in [-0.1, -0.05) is 19.1 Å². The van der Waals surface area contributed by atoms with Crippen LogP contribution in [0.3, 0.4) is 0 Å². The number of H-pyrrole nitrogens is 1. The molecular weight excluding hydrogens is 274 g/mol. The molecule has 1 aliphatic rings. The van der Waals surface area contributed by atoms with Crippen molar-refractivity contribution >= 4 is 11.0 Å². The van der Waals surface area contributed by atoms with Crippen LogP contribution in [0.1, 0.15) is 30.9 Å². The molecule has 0 radical (unpaired) electrons. The topological polar surface area (TPSA) is 49.7 Å². The highest BCUT2D eigenvalue weighted by Crippen LogP contribution is 2.27. The predicted octanol–water partition coefficient (Wildman–Crippen LogP) is 2.77. The van der Waals surface area contributed by atoms with Gasteiger partial charge in [0.15, 0.2) is 0 Å². The van der Waals surface area contributed by atoms with E-state index >= 15 is 0 Å². The minimum atomic E-state index is 0.516. The summed E-state index contributed by atoms with van der Waals surface area (Å²) < 4.78 is 2.26. The van der Waals surface area contributed by atoms with Gasteiger partial charge in [-0.3, -0.25) is 4.90 Å². The van der Waals surface area contributed by atoms with E-state index in [1.807, 2.05) is 18.3 Å². The second-order valence-electron chi connectivity index (χ2n) is 6.07. The van der Waals surface area contributed by atoms with Crippen LogP contribution in [0.25, 0.3) is 11.0 Å². The van der Waals surface area contributed by atoms with Crippen LogP contribution in [0.5, 0.6) is 0 Å². The minimum Gasteiger partial charge on any atom is -0.342 e. The molecule has 0 spiro atoms. The maximum atomic E-state index is 4.71. The highest BCUT2D eigenvalue weighted by molar-refractivity contribution is 5.74. The molecule has 0 unspecified atom stereocenters. The summed E-state index contributed by atoms with van der Waals surface area (Å²) in [5.41, 5.74) is 2.20. The molecule has 0 bridgehead atoms. The number of nitrogens with one attached hydrogen (secondary N) is 1. The standard InChI is InChI=1S/C17H21N5/c1-2-8-22-9-7-18-16(22)12-21-10-13(11-21)17-19-14-5-3-4-6-15(14)20-17/h3-7,9,13H,2,8,10-12H2,1H3,(H,19,20). The molecule has 2 aromatic heterocycles. The van der Waals surface area contributed by atoms with Crippen LogP contribution in [0.2, 0.25) is 0 Å². The van der Waals surface area contributed by atoms with Crippen molar-refractivity contribution in [2.45, 2.75) is 32.4 Å². The van der Waals surface area contributed by atoms with Crippen molar-refractivity contribution in [2.24, 2.45) is 0 Å². The van der Waals surface area contributed by atoms with E-state index in [0.717, 1.165) is 49.5 Å². The molecule has 5 nitrogen and oxygen atoms in total. The van der Waals surface area contributed by atoms with E-state index in [2.05, 4.69) is 44.7 Å². The molecule has 1 aliphatic heterocycles. The van der Waals surface area contributed by atoms with Crippen LogP contribution in [0.15, 0.2) is 36.7 Å². The third kappa shape index (κ3) is 2.41. The summed E-state index contributed by atoms with van der Waals surface area (Å²) >= 11 is 0. The Balaban J connectivity index is 1.40. The maximum Gasteiger partial charge on any atom is 0.122 e. The van der Waals surface area contributed by atoms with Gasteiger partial charge >= 0.3 is 0 Å². The first-order valence-electron chi connectivity index (χ1n) is 8.00. The lowest BCUT2D eigenvalue weighted by atomic mass is 9.99. The average molecular weight is 295 g/mol. The zero-order valence-electron chi connectivity index (χ0n) is 12.9. The summed E-state index contributed by atoms with van der Waals surface area (Å²) in [6, 6.07) is 8.23. The van der Waals surface area contributed by atoms with E-state index in [-0.39, 0.29) is 0 Å². The number of aryl methyl sites for hydroxylation is 1. The molecule has 0 saturated carbocycles. The normalized spacial score (nSPS) is 16.2. The predicted molar refractivity (Wildman–Crippen MR) is 86.6 cm³/mol. The van der Waals surface area contributed by atoms with E-state index in [4.69, 9.17) is 4.98 Å². The fourth-order valence-corrected chi connectivity index (χ4v) is 3.17. The van der Waals surface area contributed by atoms with E-state index in [1.165, 1.54) is 5.82 Å². The summed E-state index contributed by atoms with van der Waals surface area (Å²) in [4.78, 5) is 15.1. The molecule has 1 aromatic carbocycles. The third-order valence-electron chi connectivity index (χ3n) is 4.38. The van der Waals surface area contributed by atoms with Gasteiger partial charge in [0.05, 0.1) is 17.6 Å².